The van der Waals surface area contributed by atoms with Gasteiger partial charge >= 0.3 is 0 Å². The van der Waals surface area contributed by atoms with Gasteiger partial charge in [-0.15, -0.1) is 22.9 Å². The predicted octanol–water partition coefficient (Wildman–Crippen LogP) is 2.88. The maximum absolute atomic E-state index is 12.2. The Balaban J connectivity index is 2.09. The Morgan fingerprint density at radius 3 is 2.67 bits per heavy atom. The third kappa shape index (κ3) is 2.87. The molecule has 1 aliphatic heterocycles. The number of aryl methyl sites for hydroxylation is 2. The van der Waals surface area contributed by atoms with Crippen molar-refractivity contribution in [2.24, 2.45) is 0 Å². The minimum Gasteiger partial charge on any atom is -0.381 e. The molecule has 0 unspecified atom stereocenters. The molecule has 1 amide bonds. The zero-order chi connectivity index (χ0) is 13.2. The van der Waals surface area contributed by atoms with Crippen molar-refractivity contribution in [2.75, 3.05) is 19.1 Å². The van der Waals surface area contributed by atoms with Gasteiger partial charge in [-0.3, -0.25) is 4.79 Å². The van der Waals surface area contributed by atoms with Gasteiger partial charge in [0.05, 0.1) is 10.4 Å². The van der Waals surface area contributed by atoms with Crippen LogP contribution in [0, 0.1) is 13.8 Å². The molecule has 3 nitrogen and oxygen atoms in total. The van der Waals surface area contributed by atoms with Crippen molar-refractivity contribution in [3.63, 3.8) is 0 Å². The molecule has 1 aromatic rings. The molecule has 1 N–H and O–H groups in total. The quantitative estimate of drug-likeness (QED) is 0.868. The van der Waals surface area contributed by atoms with E-state index in [9.17, 15) is 4.79 Å². The van der Waals surface area contributed by atoms with Gasteiger partial charge in [0.25, 0.3) is 5.91 Å². The minimum absolute atomic E-state index is 0.0150. The molecule has 0 saturated carbocycles. The highest BCUT2D eigenvalue weighted by atomic mass is 35.5. The zero-order valence-electron chi connectivity index (χ0n) is 10.7. The van der Waals surface area contributed by atoms with Crippen molar-refractivity contribution >= 4 is 28.8 Å². The summed E-state index contributed by atoms with van der Waals surface area (Å²) in [5.74, 6) is 0.421. The average Bonchev–Trinajstić information content (AvgIpc) is 2.71. The van der Waals surface area contributed by atoms with E-state index in [0.717, 1.165) is 23.3 Å². The summed E-state index contributed by atoms with van der Waals surface area (Å²) in [4.78, 5) is 14.2. The summed E-state index contributed by atoms with van der Waals surface area (Å²) in [5.41, 5.74) is 0.861. The second-order valence-corrected chi connectivity index (χ2v) is 6.35. The Labute approximate surface area is 116 Å². The van der Waals surface area contributed by atoms with Gasteiger partial charge < -0.3 is 10.1 Å². The van der Waals surface area contributed by atoms with Crippen LogP contribution in [0.15, 0.2) is 6.07 Å². The number of ether oxygens (including phenoxy) is 1. The fraction of sp³-hybridized carbons (Fsp3) is 0.615. The first-order chi connectivity index (χ1) is 8.56. The highest BCUT2D eigenvalue weighted by molar-refractivity contribution is 7.14. The van der Waals surface area contributed by atoms with Gasteiger partial charge in [-0.05, 0) is 38.3 Å². The Morgan fingerprint density at radius 2 is 2.17 bits per heavy atom. The number of alkyl halides is 1. The first kappa shape index (κ1) is 13.8. The summed E-state index contributed by atoms with van der Waals surface area (Å²) < 4.78 is 5.33. The van der Waals surface area contributed by atoms with Gasteiger partial charge in [0, 0.05) is 24.0 Å². The molecule has 0 atom stereocenters. The monoisotopic (exact) mass is 287 g/mol. The number of carbonyl (C=O) groups excluding carboxylic acids is 1. The van der Waals surface area contributed by atoms with Gasteiger partial charge in [0.2, 0.25) is 0 Å². The molecule has 18 heavy (non-hydrogen) atoms. The number of thiophene rings is 1. The molecule has 0 bridgehead atoms. The van der Waals surface area contributed by atoms with Crippen LogP contribution in [-0.4, -0.2) is 30.5 Å². The van der Waals surface area contributed by atoms with Gasteiger partial charge in [-0.25, -0.2) is 0 Å². The van der Waals surface area contributed by atoms with Crippen LogP contribution in [0.1, 0.15) is 33.0 Å². The number of nitrogens with one attached hydrogen (secondary N) is 1. The molecule has 100 valence electrons. The van der Waals surface area contributed by atoms with Crippen molar-refractivity contribution in [1.29, 1.82) is 0 Å². The molecule has 1 aromatic heterocycles. The van der Waals surface area contributed by atoms with Crippen molar-refractivity contribution in [3.05, 3.63) is 21.4 Å². The standard InChI is InChI=1S/C13H18ClNO2S/c1-9-7-11(18-10(9)2)12(16)15-13(8-14)3-5-17-6-4-13/h7H,3-6,8H2,1-2H3,(H,15,16). The van der Waals surface area contributed by atoms with E-state index in [0.29, 0.717) is 19.1 Å². The summed E-state index contributed by atoms with van der Waals surface area (Å²) >= 11 is 7.57. The maximum atomic E-state index is 12.2. The van der Waals surface area contributed by atoms with Crippen LogP contribution in [0.2, 0.25) is 0 Å². The lowest BCUT2D eigenvalue weighted by atomic mass is 9.92. The van der Waals surface area contributed by atoms with Crippen LogP contribution >= 0.6 is 22.9 Å². The van der Waals surface area contributed by atoms with E-state index in [4.69, 9.17) is 16.3 Å². The second-order valence-electron chi connectivity index (χ2n) is 4.83. The summed E-state index contributed by atoms with van der Waals surface area (Å²) in [6.45, 7) is 5.38. The largest absolute Gasteiger partial charge is 0.381 e. The smallest absolute Gasteiger partial charge is 0.261 e. The highest BCUT2D eigenvalue weighted by Crippen LogP contribution is 2.25. The van der Waals surface area contributed by atoms with Crippen molar-refractivity contribution in [1.82, 2.24) is 5.32 Å². The summed E-state index contributed by atoms with van der Waals surface area (Å²) in [6.07, 6.45) is 1.57. The molecule has 2 heterocycles. The summed E-state index contributed by atoms with van der Waals surface area (Å²) in [7, 11) is 0. The van der Waals surface area contributed by atoms with Crippen LogP contribution in [0.5, 0.6) is 0 Å². The van der Waals surface area contributed by atoms with E-state index in [2.05, 4.69) is 5.32 Å². The molecule has 2 rings (SSSR count). The van der Waals surface area contributed by atoms with Crippen LogP contribution in [0.3, 0.4) is 0 Å². The maximum Gasteiger partial charge on any atom is 0.261 e. The van der Waals surface area contributed by atoms with E-state index in [-0.39, 0.29) is 11.4 Å². The van der Waals surface area contributed by atoms with Gasteiger partial charge in [0.15, 0.2) is 0 Å². The third-order valence-electron chi connectivity index (χ3n) is 3.47. The SMILES string of the molecule is Cc1cc(C(=O)NC2(CCl)CCOCC2)sc1C. The van der Waals surface area contributed by atoms with Gasteiger partial charge in [0.1, 0.15) is 0 Å². The van der Waals surface area contributed by atoms with E-state index < -0.39 is 0 Å². The summed E-state index contributed by atoms with van der Waals surface area (Å²) in [5, 5.41) is 3.10. The lowest BCUT2D eigenvalue weighted by Gasteiger charge is -2.36. The van der Waals surface area contributed by atoms with Gasteiger partial charge in [-0.2, -0.15) is 0 Å². The Kier molecular flexibility index (Phi) is 4.30. The molecule has 0 aliphatic carbocycles. The number of hydrogen-bond acceptors (Lipinski definition) is 3. The molecule has 1 fully saturated rings. The molecule has 0 spiro atoms. The number of carbonyl (C=O) groups is 1. The molecular weight excluding hydrogens is 270 g/mol. The highest BCUT2D eigenvalue weighted by Gasteiger charge is 2.33. The minimum atomic E-state index is -0.303. The Hall–Kier alpha value is -0.580. The van der Waals surface area contributed by atoms with Crippen molar-refractivity contribution in [3.8, 4) is 0 Å². The lowest BCUT2D eigenvalue weighted by Crippen LogP contribution is -2.53. The zero-order valence-corrected chi connectivity index (χ0v) is 12.3. The normalized spacial score (nSPS) is 18.6. The fourth-order valence-corrected chi connectivity index (χ4v) is 3.30. The van der Waals surface area contributed by atoms with Crippen molar-refractivity contribution in [2.45, 2.75) is 32.2 Å². The van der Waals surface area contributed by atoms with E-state index in [1.165, 1.54) is 16.2 Å². The molecule has 0 aromatic carbocycles. The lowest BCUT2D eigenvalue weighted by molar-refractivity contribution is 0.0435. The number of hydrogen-bond donors (Lipinski definition) is 1. The van der Waals surface area contributed by atoms with Crippen LogP contribution < -0.4 is 5.32 Å². The molecule has 5 heteroatoms. The van der Waals surface area contributed by atoms with E-state index >= 15 is 0 Å². The molecular formula is C13H18ClNO2S. The first-order valence-corrected chi connectivity index (χ1v) is 7.45. The molecule has 0 radical (unpaired) electrons. The predicted molar refractivity (Wildman–Crippen MR) is 74.8 cm³/mol. The number of rotatable bonds is 3. The summed E-state index contributed by atoms with van der Waals surface area (Å²) in [6, 6.07) is 1.94. The third-order valence-corrected chi connectivity index (χ3v) is 5.14. The molecule has 1 saturated heterocycles. The van der Waals surface area contributed by atoms with Crippen LogP contribution in [0.4, 0.5) is 0 Å². The Morgan fingerprint density at radius 1 is 1.50 bits per heavy atom. The Bertz CT molecular complexity index is 419. The number of halogens is 1. The first-order valence-electron chi connectivity index (χ1n) is 6.09. The van der Waals surface area contributed by atoms with Gasteiger partial charge in [-0.1, -0.05) is 0 Å². The van der Waals surface area contributed by atoms with Crippen molar-refractivity contribution < 1.29 is 9.53 Å². The van der Waals surface area contributed by atoms with Crippen LogP contribution in [0.25, 0.3) is 0 Å². The van der Waals surface area contributed by atoms with E-state index in [1.807, 2.05) is 19.9 Å². The van der Waals surface area contributed by atoms with E-state index in [1.54, 1.807) is 0 Å². The second kappa shape index (κ2) is 5.59. The molecule has 1 aliphatic rings. The number of amides is 1. The average molecular weight is 288 g/mol. The fourth-order valence-electron chi connectivity index (χ4n) is 2.04. The topological polar surface area (TPSA) is 38.3 Å². The van der Waals surface area contributed by atoms with Crippen LogP contribution in [-0.2, 0) is 4.74 Å².